The van der Waals surface area contributed by atoms with Gasteiger partial charge in [-0.15, -0.1) is 0 Å². The predicted molar refractivity (Wildman–Crippen MR) is 87.0 cm³/mol. The van der Waals surface area contributed by atoms with Gasteiger partial charge in [-0.05, 0) is 25.5 Å². The number of aryl methyl sites for hydroxylation is 1. The Bertz CT molecular complexity index is 653. The van der Waals surface area contributed by atoms with Crippen molar-refractivity contribution in [2.75, 3.05) is 26.3 Å². The van der Waals surface area contributed by atoms with Crippen LogP contribution >= 0.6 is 0 Å². The summed E-state index contributed by atoms with van der Waals surface area (Å²) in [6.07, 6.45) is 5.22. The number of hydrogen-bond donors (Lipinski definition) is 0. The smallest absolute Gasteiger partial charge is 0.227 e. The molecule has 1 amide bonds. The van der Waals surface area contributed by atoms with Crippen molar-refractivity contribution in [3.05, 3.63) is 30.4 Å². The molecule has 0 spiro atoms. The number of hydrogen-bond acceptors (Lipinski definition) is 6. The van der Waals surface area contributed by atoms with Crippen molar-refractivity contribution in [2.24, 2.45) is 5.92 Å². The number of aromatic nitrogens is 3. The monoisotopic (exact) mass is 330 g/mol. The lowest BCUT2D eigenvalue weighted by molar-refractivity contribution is -0.131. The summed E-state index contributed by atoms with van der Waals surface area (Å²) < 4.78 is 10.6. The Morgan fingerprint density at radius 2 is 2.38 bits per heavy atom. The third kappa shape index (κ3) is 4.17. The zero-order chi connectivity index (χ0) is 16.8. The highest BCUT2D eigenvalue weighted by Crippen LogP contribution is 2.16. The molecule has 0 radical (unpaired) electrons. The van der Waals surface area contributed by atoms with E-state index in [-0.39, 0.29) is 5.91 Å². The molecule has 128 valence electrons. The molecule has 0 unspecified atom stereocenters. The lowest BCUT2D eigenvalue weighted by Gasteiger charge is -2.23. The molecule has 0 saturated carbocycles. The molecule has 0 aromatic carbocycles. The van der Waals surface area contributed by atoms with Crippen molar-refractivity contribution in [2.45, 2.75) is 26.2 Å². The summed E-state index contributed by atoms with van der Waals surface area (Å²) in [4.78, 5) is 22.7. The molecule has 7 nitrogen and oxygen atoms in total. The summed E-state index contributed by atoms with van der Waals surface area (Å²) in [5, 5.41) is 3.95. The van der Waals surface area contributed by atoms with Gasteiger partial charge in [0.05, 0.1) is 6.61 Å². The molecule has 1 aliphatic rings. The van der Waals surface area contributed by atoms with Crippen LogP contribution in [0, 0.1) is 5.92 Å². The first-order chi connectivity index (χ1) is 11.8. The highest BCUT2D eigenvalue weighted by atomic mass is 16.5. The molecule has 3 heterocycles. The van der Waals surface area contributed by atoms with Gasteiger partial charge in [-0.2, -0.15) is 4.98 Å². The number of carbonyl (C=O) groups excluding carboxylic acids is 1. The normalized spacial score (nSPS) is 17.1. The van der Waals surface area contributed by atoms with Gasteiger partial charge in [-0.25, -0.2) is 0 Å². The van der Waals surface area contributed by atoms with Crippen molar-refractivity contribution in [3.63, 3.8) is 0 Å². The maximum Gasteiger partial charge on any atom is 0.227 e. The van der Waals surface area contributed by atoms with Crippen LogP contribution in [0.2, 0.25) is 0 Å². The molecule has 2 aromatic heterocycles. The molecular formula is C17H22N4O3. The summed E-state index contributed by atoms with van der Waals surface area (Å²) >= 11 is 0. The Morgan fingerprint density at radius 3 is 3.08 bits per heavy atom. The van der Waals surface area contributed by atoms with Gasteiger partial charge in [0.15, 0.2) is 0 Å². The summed E-state index contributed by atoms with van der Waals surface area (Å²) in [7, 11) is 0. The second kappa shape index (κ2) is 8.01. The van der Waals surface area contributed by atoms with Crippen LogP contribution in [0.25, 0.3) is 11.4 Å². The quantitative estimate of drug-likeness (QED) is 0.772. The highest BCUT2D eigenvalue weighted by Gasteiger charge is 2.22. The second-order valence-corrected chi connectivity index (χ2v) is 5.92. The van der Waals surface area contributed by atoms with E-state index in [1.807, 2.05) is 24.0 Å². The van der Waals surface area contributed by atoms with Crippen LogP contribution in [-0.2, 0) is 16.0 Å². The first-order valence-electron chi connectivity index (χ1n) is 8.34. The predicted octanol–water partition coefficient (Wildman–Crippen LogP) is 1.95. The third-order valence-electron chi connectivity index (χ3n) is 4.18. The largest absolute Gasteiger partial charge is 0.381 e. The first kappa shape index (κ1) is 16.6. The van der Waals surface area contributed by atoms with E-state index in [1.165, 1.54) is 0 Å². The molecule has 1 aliphatic heterocycles. The van der Waals surface area contributed by atoms with Gasteiger partial charge >= 0.3 is 0 Å². The van der Waals surface area contributed by atoms with E-state index in [9.17, 15) is 4.79 Å². The second-order valence-electron chi connectivity index (χ2n) is 5.92. The van der Waals surface area contributed by atoms with Gasteiger partial charge in [-0.3, -0.25) is 9.78 Å². The van der Waals surface area contributed by atoms with Crippen LogP contribution in [0.1, 0.15) is 25.7 Å². The van der Waals surface area contributed by atoms with Crippen LogP contribution < -0.4 is 0 Å². The van der Waals surface area contributed by atoms with Gasteiger partial charge in [0.1, 0.15) is 0 Å². The van der Waals surface area contributed by atoms with Gasteiger partial charge in [0.2, 0.25) is 17.6 Å². The third-order valence-corrected chi connectivity index (χ3v) is 4.18. The minimum Gasteiger partial charge on any atom is -0.381 e. The fourth-order valence-electron chi connectivity index (χ4n) is 2.79. The summed E-state index contributed by atoms with van der Waals surface area (Å²) in [6.45, 7) is 5.03. The van der Waals surface area contributed by atoms with Crippen LogP contribution in [0.3, 0.4) is 0 Å². The molecule has 24 heavy (non-hydrogen) atoms. The molecule has 0 bridgehead atoms. The number of amides is 1. The van der Waals surface area contributed by atoms with Gasteiger partial charge in [0.25, 0.3) is 0 Å². The molecule has 2 aromatic rings. The topological polar surface area (TPSA) is 81.4 Å². The summed E-state index contributed by atoms with van der Waals surface area (Å²) in [6, 6.07) is 3.69. The van der Waals surface area contributed by atoms with E-state index in [4.69, 9.17) is 9.26 Å². The van der Waals surface area contributed by atoms with Crippen LogP contribution in [0.5, 0.6) is 0 Å². The molecule has 7 heteroatoms. The maximum absolute atomic E-state index is 12.4. The first-order valence-corrected chi connectivity index (χ1v) is 8.34. The number of nitrogens with zero attached hydrogens (tertiary/aromatic N) is 4. The molecule has 0 aliphatic carbocycles. The Morgan fingerprint density at radius 1 is 1.46 bits per heavy atom. The fraction of sp³-hybridized carbons (Fsp3) is 0.529. The van der Waals surface area contributed by atoms with Crippen molar-refractivity contribution < 1.29 is 14.1 Å². The van der Waals surface area contributed by atoms with Crippen molar-refractivity contribution in [3.8, 4) is 11.4 Å². The maximum atomic E-state index is 12.4. The minimum absolute atomic E-state index is 0.116. The molecule has 1 atom stereocenters. The zero-order valence-corrected chi connectivity index (χ0v) is 13.9. The molecule has 3 rings (SSSR count). The summed E-state index contributed by atoms with van der Waals surface area (Å²) in [5.41, 5.74) is 0.801. The van der Waals surface area contributed by atoms with Gasteiger partial charge in [0, 0.05) is 56.4 Å². The van der Waals surface area contributed by atoms with Gasteiger partial charge < -0.3 is 14.2 Å². The van der Waals surface area contributed by atoms with Crippen LogP contribution in [-0.4, -0.2) is 52.2 Å². The van der Waals surface area contributed by atoms with E-state index in [2.05, 4.69) is 15.1 Å². The van der Waals surface area contributed by atoms with E-state index in [0.29, 0.717) is 37.0 Å². The highest BCUT2D eigenvalue weighted by molar-refractivity contribution is 5.76. The number of ether oxygens (including phenoxy) is 1. The Balaban J connectivity index is 1.53. The molecule has 1 saturated heterocycles. The lowest BCUT2D eigenvalue weighted by Crippen LogP contribution is -2.35. The van der Waals surface area contributed by atoms with E-state index < -0.39 is 0 Å². The fourth-order valence-corrected chi connectivity index (χ4v) is 2.79. The van der Waals surface area contributed by atoms with E-state index in [0.717, 1.165) is 31.7 Å². The Labute approximate surface area is 141 Å². The lowest BCUT2D eigenvalue weighted by atomic mass is 10.1. The number of carbonyl (C=O) groups is 1. The van der Waals surface area contributed by atoms with Crippen molar-refractivity contribution >= 4 is 5.91 Å². The van der Waals surface area contributed by atoms with E-state index >= 15 is 0 Å². The average Bonchev–Trinajstić information content (AvgIpc) is 3.30. The van der Waals surface area contributed by atoms with Crippen LogP contribution in [0.15, 0.2) is 29.0 Å². The zero-order valence-electron chi connectivity index (χ0n) is 13.9. The summed E-state index contributed by atoms with van der Waals surface area (Å²) in [5.74, 6) is 1.54. The molecular weight excluding hydrogens is 308 g/mol. The van der Waals surface area contributed by atoms with Crippen LogP contribution in [0.4, 0.5) is 0 Å². The van der Waals surface area contributed by atoms with Crippen molar-refractivity contribution in [1.29, 1.82) is 0 Å². The minimum atomic E-state index is 0.116. The molecule has 1 fully saturated rings. The van der Waals surface area contributed by atoms with Crippen molar-refractivity contribution in [1.82, 2.24) is 20.0 Å². The van der Waals surface area contributed by atoms with Gasteiger partial charge in [-0.1, -0.05) is 5.16 Å². The number of rotatable bonds is 7. The average molecular weight is 330 g/mol. The SMILES string of the molecule is CCN(C[C@@H]1CCOC1)C(=O)CCc1nc(-c2cccnc2)no1. The number of pyridine rings is 1. The standard InChI is InChI=1S/C17H22N4O3/c1-2-21(11-13-7-9-23-12-13)16(22)6-5-15-19-17(20-24-15)14-4-3-8-18-10-14/h3-4,8,10,13H,2,5-7,9,11-12H2,1H3/t13-/m0/s1. The Hall–Kier alpha value is -2.28. The molecule has 0 N–H and O–H groups in total. The Kier molecular flexibility index (Phi) is 5.53. The van der Waals surface area contributed by atoms with E-state index in [1.54, 1.807) is 12.4 Å².